The predicted octanol–water partition coefficient (Wildman–Crippen LogP) is 1.71. The smallest absolute Gasteiger partial charge is 0.255 e. The van der Waals surface area contributed by atoms with Crippen LogP contribution >= 0.6 is 0 Å². The maximum atomic E-state index is 12.7. The molecule has 1 aromatic heterocycles. The summed E-state index contributed by atoms with van der Waals surface area (Å²) < 4.78 is 0. The van der Waals surface area contributed by atoms with Crippen LogP contribution in [-0.2, 0) is 16.1 Å². The van der Waals surface area contributed by atoms with E-state index in [1.807, 2.05) is 32.0 Å². The Hall–Kier alpha value is -3.22. The van der Waals surface area contributed by atoms with Gasteiger partial charge >= 0.3 is 0 Å². The highest BCUT2D eigenvalue weighted by Crippen LogP contribution is 2.31. The quantitative estimate of drug-likeness (QED) is 0.789. The highest BCUT2D eigenvalue weighted by molar-refractivity contribution is 6.05. The zero-order valence-corrected chi connectivity index (χ0v) is 15.2. The van der Waals surface area contributed by atoms with Gasteiger partial charge in [0, 0.05) is 24.1 Å². The maximum absolute atomic E-state index is 12.7. The second-order valence-corrected chi connectivity index (χ2v) is 7.11. The lowest BCUT2D eigenvalue weighted by atomic mass is 10.0. The normalized spacial score (nSPS) is 19.3. The van der Waals surface area contributed by atoms with Gasteiger partial charge in [-0.05, 0) is 55.2 Å². The summed E-state index contributed by atoms with van der Waals surface area (Å²) in [6, 6.07) is 6.91. The first kappa shape index (κ1) is 17.2. The number of nitrogen functional groups attached to an aromatic ring is 1. The molecule has 3 amide bonds. The van der Waals surface area contributed by atoms with Crippen molar-refractivity contribution in [1.29, 1.82) is 0 Å². The Balaban J connectivity index is 1.65. The summed E-state index contributed by atoms with van der Waals surface area (Å²) in [6.45, 7) is 4.26. The van der Waals surface area contributed by atoms with Gasteiger partial charge in [0.05, 0.1) is 5.69 Å². The fourth-order valence-corrected chi connectivity index (χ4v) is 3.64. The third-order valence-corrected chi connectivity index (χ3v) is 5.39. The van der Waals surface area contributed by atoms with Crippen LogP contribution in [0.3, 0.4) is 0 Å². The van der Waals surface area contributed by atoms with Crippen molar-refractivity contribution >= 4 is 23.5 Å². The Labute approximate surface area is 156 Å². The number of piperidine rings is 1. The second-order valence-electron chi connectivity index (χ2n) is 7.11. The third-order valence-electron chi connectivity index (χ3n) is 5.39. The van der Waals surface area contributed by atoms with Gasteiger partial charge in [0.15, 0.2) is 0 Å². The molecule has 27 heavy (non-hydrogen) atoms. The molecular formula is C20H20N4O3. The van der Waals surface area contributed by atoms with Gasteiger partial charge in [0.1, 0.15) is 11.9 Å². The van der Waals surface area contributed by atoms with E-state index < -0.39 is 11.9 Å². The number of fused-ring (bicyclic) bond motifs is 1. The SMILES string of the molecule is Cc1cc(-c2ccc3c(c2)CN(C2CCC(=O)NC2=O)C3=O)nc(N)c1C. The molecule has 3 heterocycles. The van der Waals surface area contributed by atoms with Crippen LogP contribution in [0, 0.1) is 13.8 Å². The van der Waals surface area contributed by atoms with E-state index in [4.69, 9.17) is 5.73 Å². The first-order chi connectivity index (χ1) is 12.8. The standard InChI is InChI=1S/C20H20N4O3/c1-10-7-15(22-18(21)11(10)2)12-3-4-14-13(8-12)9-24(20(14)27)16-5-6-17(25)23-19(16)26/h3-4,7-8,16H,5-6,9H2,1-2H3,(H2,21,22)(H,23,25,26). The summed E-state index contributed by atoms with van der Waals surface area (Å²) in [6.07, 6.45) is 0.597. The van der Waals surface area contributed by atoms with Crippen LogP contribution in [-0.4, -0.2) is 33.6 Å². The van der Waals surface area contributed by atoms with E-state index in [0.29, 0.717) is 24.3 Å². The Morgan fingerprint density at radius 3 is 2.67 bits per heavy atom. The maximum Gasteiger partial charge on any atom is 0.255 e. The molecule has 0 spiro atoms. The fourth-order valence-electron chi connectivity index (χ4n) is 3.64. The van der Waals surface area contributed by atoms with Crippen molar-refractivity contribution in [3.63, 3.8) is 0 Å². The topological polar surface area (TPSA) is 105 Å². The van der Waals surface area contributed by atoms with Crippen molar-refractivity contribution in [2.24, 2.45) is 0 Å². The van der Waals surface area contributed by atoms with Crippen molar-refractivity contribution in [2.45, 2.75) is 39.3 Å². The molecule has 1 unspecified atom stereocenters. The third kappa shape index (κ3) is 2.85. The molecule has 0 bridgehead atoms. The second kappa shape index (κ2) is 6.19. The molecule has 1 saturated heterocycles. The predicted molar refractivity (Wildman–Crippen MR) is 99.6 cm³/mol. The van der Waals surface area contributed by atoms with E-state index in [-0.39, 0.29) is 18.2 Å². The largest absolute Gasteiger partial charge is 0.383 e. The van der Waals surface area contributed by atoms with Gasteiger partial charge in [-0.3, -0.25) is 19.7 Å². The van der Waals surface area contributed by atoms with E-state index in [1.54, 1.807) is 11.0 Å². The van der Waals surface area contributed by atoms with Crippen LogP contribution in [0.15, 0.2) is 24.3 Å². The van der Waals surface area contributed by atoms with Gasteiger partial charge in [-0.2, -0.15) is 0 Å². The number of rotatable bonds is 2. The monoisotopic (exact) mass is 364 g/mol. The van der Waals surface area contributed by atoms with E-state index in [1.165, 1.54) is 0 Å². The number of nitrogens with zero attached hydrogens (tertiary/aromatic N) is 2. The number of aryl methyl sites for hydroxylation is 1. The molecule has 7 heteroatoms. The van der Waals surface area contributed by atoms with E-state index in [0.717, 1.165) is 27.9 Å². The molecule has 1 aromatic carbocycles. The number of anilines is 1. The Kier molecular flexibility index (Phi) is 3.95. The van der Waals surface area contributed by atoms with Crippen LogP contribution in [0.5, 0.6) is 0 Å². The average molecular weight is 364 g/mol. The summed E-state index contributed by atoms with van der Waals surface area (Å²) in [4.78, 5) is 42.2. The average Bonchev–Trinajstić information content (AvgIpc) is 2.95. The van der Waals surface area contributed by atoms with E-state index in [9.17, 15) is 14.4 Å². The van der Waals surface area contributed by atoms with Crippen molar-refractivity contribution in [1.82, 2.24) is 15.2 Å². The van der Waals surface area contributed by atoms with Gasteiger partial charge < -0.3 is 10.6 Å². The number of nitrogens with one attached hydrogen (secondary N) is 1. The molecule has 2 aliphatic rings. The minimum Gasteiger partial charge on any atom is -0.383 e. The Morgan fingerprint density at radius 1 is 1.19 bits per heavy atom. The van der Waals surface area contributed by atoms with Gasteiger partial charge in [0.2, 0.25) is 11.8 Å². The van der Waals surface area contributed by atoms with E-state index in [2.05, 4.69) is 10.3 Å². The molecule has 2 aliphatic heterocycles. The number of hydrogen-bond donors (Lipinski definition) is 2. The summed E-state index contributed by atoms with van der Waals surface area (Å²) in [7, 11) is 0. The number of nitrogens with two attached hydrogens (primary N) is 1. The minimum atomic E-state index is -0.610. The number of aromatic nitrogens is 1. The zero-order chi connectivity index (χ0) is 19.3. The van der Waals surface area contributed by atoms with Gasteiger partial charge in [-0.25, -0.2) is 4.98 Å². The van der Waals surface area contributed by atoms with Gasteiger partial charge in [0.25, 0.3) is 5.91 Å². The van der Waals surface area contributed by atoms with Crippen LogP contribution < -0.4 is 11.1 Å². The molecule has 138 valence electrons. The highest BCUT2D eigenvalue weighted by atomic mass is 16.2. The molecule has 1 atom stereocenters. The summed E-state index contributed by atoms with van der Waals surface area (Å²) >= 11 is 0. The fraction of sp³-hybridized carbons (Fsp3) is 0.300. The molecule has 2 aromatic rings. The Morgan fingerprint density at radius 2 is 1.96 bits per heavy atom. The van der Waals surface area contributed by atoms with Crippen LogP contribution in [0.4, 0.5) is 5.82 Å². The van der Waals surface area contributed by atoms with Crippen molar-refractivity contribution in [2.75, 3.05) is 5.73 Å². The molecule has 1 fully saturated rings. The van der Waals surface area contributed by atoms with Crippen molar-refractivity contribution in [3.8, 4) is 11.3 Å². The number of amides is 3. The summed E-state index contributed by atoms with van der Waals surface area (Å²) in [5, 5.41) is 2.31. The number of benzene rings is 1. The number of carbonyl (C=O) groups is 3. The van der Waals surface area contributed by atoms with E-state index >= 15 is 0 Å². The lowest BCUT2D eigenvalue weighted by molar-refractivity contribution is -0.136. The number of imide groups is 1. The molecular weight excluding hydrogens is 344 g/mol. The van der Waals surface area contributed by atoms with Crippen LogP contribution in [0.25, 0.3) is 11.3 Å². The lowest BCUT2D eigenvalue weighted by Gasteiger charge is -2.29. The molecule has 7 nitrogen and oxygen atoms in total. The van der Waals surface area contributed by atoms with Crippen molar-refractivity contribution < 1.29 is 14.4 Å². The van der Waals surface area contributed by atoms with Gasteiger partial charge in [-0.15, -0.1) is 0 Å². The first-order valence-electron chi connectivity index (χ1n) is 8.87. The summed E-state index contributed by atoms with van der Waals surface area (Å²) in [5.41, 5.74) is 11.1. The highest BCUT2D eigenvalue weighted by Gasteiger charge is 2.39. The van der Waals surface area contributed by atoms with Crippen LogP contribution in [0.2, 0.25) is 0 Å². The minimum absolute atomic E-state index is 0.182. The molecule has 0 radical (unpaired) electrons. The molecule has 4 rings (SSSR count). The number of hydrogen-bond acceptors (Lipinski definition) is 5. The lowest BCUT2D eigenvalue weighted by Crippen LogP contribution is -2.52. The molecule has 3 N–H and O–H groups in total. The summed E-state index contributed by atoms with van der Waals surface area (Å²) in [5.74, 6) is -0.386. The van der Waals surface area contributed by atoms with Gasteiger partial charge in [-0.1, -0.05) is 6.07 Å². The molecule has 0 saturated carbocycles. The molecule has 0 aliphatic carbocycles. The first-order valence-corrected chi connectivity index (χ1v) is 8.87. The zero-order valence-electron chi connectivity index (χ0n) is 15.2. The number of carbonyl (C=O) groups excluding carboxylic acids is 3. The number of pyridine rings is 1. The Bertz CT molecular complexity index is 976. The van der Waals surface area contributed by atoms with Crippen LogP contribution in [0.1, 0.15) is 39.9 Å². The van der Waals surface area contributed by atoms with Crippen molar-refractivity contribution in [3.05, 3.63) is 46.5 Å².